The fourth-order valence-corrected chi connectivity index (χ4v) is 2.53. The highest BCUT2D eigenvalue weighted by Gasteiger charge is 2.24. The number of benzene rings is 2. The number of nitrogens with one attached hydrogen (secondary N) is 2. The molecule has 0 aromatic heterocycles. The van der Waals surface area contributed by atoms with E-state index in [4.69, 9.17) is 5.26 Å². The van der Waals surface area contributed by atoms with E-state index in [0.29, 0.717) is 5.56 Å². The summed E-state index contributed by atoms with van der Waals surface area (Å²) in [6.07, 6.45) is 0.176. The molecule has 8 heteroatoms. The highest BCUT2D eigenvalue weighted by atomic mass is 16.6. The van der Waals surface area contributed by atoms with Crippen molar-refractivity contribution < 1.29 is 14.5 Å². The number of nitrogens with zero attached hydrogens (tertiary/aromatic N) is 2. The Bertz CT molecular complexity index is 862. The van der Waals surface area contributed by atoms with Crippen molar-refractivity contribution in [2.24, 2.45) is 0 Å². The van der Waals surface area contributed by atoms with Gasteiger partial charge in [0, 0.05) is 19.2 Å². The monoisotopic (exact) mass is 366 g/mol. The minimum absolute atomic E-state index is 0.0344. The van der Waals surface area contributed by atoms with E-state index in [1.165, 1.54) is 24.3 Å². The van der Waals surface area contributed by atoms with E-state index < -0.39 is 16.7 Å². The van der Waals surface area contributed by atoms with Gasteiger partial charge in [0.05, 0.1) is 23.3 Å². The van der Waals surface area contributed by atoms with Crippen LogP contribution in [0.3, 0.4) is 0 Å². The highest BCUT2D eigenvalue weighted by Crippen LogP contribution is 2.19. The Morgan fingerprint density at radius 2 is 1.74 bits per heavy atom. The van der Waals surface area contributed by atoms with Crippen LogP contribution in [0.4, 0.5) is 5.69 Å². The number of carbonyl (C=O) groups excluding carboxylic acids is 2. The lowest BCUT2D eigenvalue weighted by atomic mass is 9.98. The summed E-state index contributed by atoms with van der Waals surface area (Å²) >= 11 is 0. The Labute approximate surface area is 156 Å². The molecule has 27 heavy (non-hydrogen) atoms. The Hall–Kier alpha value is -3.73. The molecule has 2 N–H and O–H groups in total. The van der Waals surface area contributed by atoms with Gasteiger partial charge in [-0.05, 0) is 11.6 Å². The second-order valence-electron chi connectivity index (χ2n) is 5.65. The summed E-state index contributed by atoms with van der Waals surface area (Å²) in [5, 5.41) is 24.9. The van der Waals surface area contributed by atoms with Crippen molar-refractivity contribution in [1.82, 2.24) is 10.6 Å². The Balaban J connectivity index is 2.14. The lowest BCUT2D eigenvalue weighted by molar-refractivity contribution is -0.385. The largest absolute Gasteiger partial charge is 0.354 e. The summed E-state index contributed by atoms with van der Waals surface area (Å²) < 4.78 is 0. The molecule has 138 valence electrons. The van der Waals surface area contributed by atoms with Crippen molar-refractivity contribution in [1.29, 1.82) is 5.26 Å². The highest BCUT2D eigenvalue weighted by molar-refractivity contribution is 5.98. The van der Waals surface area contributed by atoms with Gasteiger partial charge >= 0.3 is 0 Å². The Kier molecular flexibility index (Phi) is 7.02. The summed E-state index contributed by atoms with van der Waals surface area (Å²) in [5.74, 6) is -1.65. The van der Waals surface area contributed by atoms with Gasteiger partial charge in [-0.15, -0.1) is 0 Å². The van der Waals surface area contributed by atoms with Gasteiger partial charge in [-0.2, -0.15) is 5.26 Å². The second-order valence-corrected chi connectivity index (χ2v) is 5.65. The molecule has 0 aliphatic rings. The third-order valence-electron chi connectivity index (χ3n) is 3.87. The van der Waals surface area contributed by atoms with Crippen LogP contribution in [0, 0.1) is 21.4 Å². The van der Waals surface area contributed by atoms with Gasteiger partial charge in [0.2, 0.25) is 5.91 Å². The average Bonchev–Trinajstić information content (AvgIpc) is 2.69. The Morgan fingerprint density at radius 1 is 1.07 bits per heavy atom. The first kappa shape index (κ1) is 19.6. The van der Waals surface area contributed by atoms with Crippen molar-refractivity contribution >= 4 is 17.5 Å². The second kappa shape index (κ2) is 9.68. The van der Waals surface area contributed by atoms with Gasteiger partial charge in [0.15, 0.2) is 0 Å². The molecule has 1 atom stereocenters. The minimum Gasteiger partial charge on any atom is -0.354 e. The summed E-state index contributed by atoms with van der Waals surface area (Å²) in [6.45, 7) is 0.171. The first-order valence-electron chi connectivity index (χ1n) is 8.25. The van der Waals surface area contributed by atoms with Crippen molar-refractivity contribution in [3.05, 3.63) is 75.8 Å². The molecular weight excluding hydrogens is 348 g/mol. The number of nitriles is 1. The number of nitro groups is 1. The molecule has 0 heterocycles. The zero-order chi connectivity index (χ0) is 19.6. The predicted octanol–water partition coefficient (Wildman–Crippen LogP) is 2.14. The fourth-order valence-electron chi connectivity index (χ4n) is 2.53. The summed E-state index contributed by atoms with van der Waals surface area (Å²) in [6, 6.07) is 16.4. The van der Waals surface area contributed by atoms with E-state index >= 15 is 0 Å². The van der Waals surface area contributed by atoms with Crippen LogP contribution >= 0.6 is 0 Å². The third-order valence-corrected chi connectivity index (χ3v) is 3.87. The van der Waals surface area contributed by atoms with Gasteiger partial charge in [0.25, 0.3) is 11.6 Å². The van der Waals surface area contributed by atoms with Crippen LogP contribution in [-0.4, -0.2) is 29.8 Å². The number of para-hydroxylation sites is 1. The molecule has 0 aliphatic carbocycles. The molecule has 2 rings (SSSR count). The van der Waals surface area contributed by atoms with E-state index in [0.717, 1.165) is 0 Å². The van der Waals surface area contributed by atoms with Crippen LogP contribution in [-0.2, 0) is 4.79 Å². The van der Waals surface area contributed by atoms with Crippen LogP contribution in [0.1, 0.15) is 28.3 Å². The van der Waals surface area contributed by atoms with E-state index in [-0.39, 0.29) is 36.7 Å². The van der Waals surface area contributed by atoms with Crippen LogP contribution in [0.2, 0.25) is 0 Å². The van der Waals surface area contributed by atoms with Crippen LogP contribution in [0.5, 0.6) is 0 Å². The smallest absolute Gasteiger partial charge is 0.282 e. The molecule has 2 aromatic carbocycles. The zero-order valence-electron chi connectivity index (χ0n) is 14.4. The van der Waals surface area contributed by atoms with Gasteiger partial charge in [-0.3, -0.25) is 19.7 Å². The SMILES string of the molecule is N#CCCNC(=O)C(CNC(=O)c1ccccc1[N+](=O)[O-])c1ccccc1. The number of nitro benzene ring substituents is 1. The summed E-state index contributed by atoms with van der Waals surface area (Å²) in [5.41, 5.74) is 0.318. The molecule has 0 fully saturated rings. The maximum Gasteiger partial charge on any atom is 0.282 e. The molecule has 0 aliphatic heterocycles. The number of rotatable bonds is 8. The molecule has 0 radical (unpaired) electrons. The quantitative estimate of drug-likeness (QED) is 0.421. The lowest BCUT2D eigenvalue weighted by Gasteiger charge is -2.17. The number of carbonyl (C=O) groups is 2. The van der Waals surface area contributed by atoms with E-state index in [9.17, 15) is 19.7 Å². The van der Waals surface area contributed by atoms with E-state index in [1.54, 1.807) is 30.3 Å². The maximum absolute atomic E-state index is 12.5. The first-order valence-corrected chi connectivity index (χ1v) is 8.25. The molecule has 0 saturated carbocycles. The number of hydrogen-bond donors (Lipinski definition) is 2. The lowest BCUT2D eigenvalue weighted by Crippen LogP contribution is -2.38. The van der Waals surface area contributed by atoms with Gasteiger partial charge < -0.3 is 10.6 Å². The average molecular weight is 366 g/mol. The Morgan fingerprint density at radius 3 is 2.41 bits per heavy atom. The topological polar surface area (TPSA) is 125 Å². The molecule has 0 bridgehead atoms. The first-order chi connectivity index (χ1) is 13.0. The van der Waals surface area contributed by atoms with E-state index in [1.807, 2.05) is 6.07 Å². The fraction of sp³-hybridized carbons (Fsp3) is 0.211. The number of hydrogen-bond acceptors (Lipinski definition) is 5. The van der Waals surface area contributed by atoms with Gasteiger partial charge in [0.1, 0.15) is 5.56 Å². The maximum atomic E-state index is 12.5. The van der Waals surface area contributed by atoms with Crippen LogP contribution < -0.4 is 10.6 Å². The molecule has 8 nitrogen and oxygen atoms in total. The van der Waals surface area contributed by atoms with Crippen molar-refractivity contribution in [2.75, 3.05) is 13.1 Å². The van der Waals surface area contributed by atoms with Gasteiger partial charge in [-0.25, -0.2) is 0 Å². The van der Waals surface area contributed by atoms with Gasteiger partial charge in [-0.1, -0.05) is 42.5 Å². The van der Waals surface area contributed by atoms with E-state index in [2.05, 4.69) is 10.6 Å². The van der Waals surface area contributed by atoms with Crippen molar-refractivity contribution in [3.63, 3.8) is 0 Å². The standard InChI is InChI=1S/C19H18N4O4/c20-11-6-12-21-19(25)16(14-7-2-1-3-8-14)13-22-18(24)15-9-4-5-10-17(15)23(26)27/h1-5,7-10,16H,6,12-13H2,(H,21,25)(H,22,24). The minimum atomic E-state index is -0.684. The molecule has 0 spiro atoms. The number of amides is 2. The predicted molar refractivity (Wildman–Crippen MR) is 97.9 cm³/mol. The molecular formula is C19H18N4O4. The summed E-state index contributed by atoms with van der Waals surface area (Å²) in [7, 11) is 0. The molecule has 0 saturated heterocycles. The van der Waals surface area contributed by atoms with Crippen molar-refractivity contribution in [2.45, 2.75) is 12.3 Å². The molecule has 2 aromatic rings. The van der Waals surface area contributed by atoms with Crippen LogP contribution in [0.25, 0.3) is 0 Å². The molecule has 2 amide bonds. The van der Waals surface area contributed by atoms with Crippen LogP contribution in [0.15, 0.2) is 54.6 Å². The zero-order valence-corrected chi connectivity index (χ0v) is 14.4. The van der Waals surface area contributed by atoms with Crippen molar-refractivity contribution in [3.8, 4) is 6.07 Å². The third kappa shape index (κ3) is 5.37. The molecule has 1 unspecified atom stereocenters. The summed E-state index contributed by atoms with van der Waals surface area (Å²) in [4.78, 5) is 35.3. The normalized spacial score (nSPS) is 11.1.